The Morgan fingerprint density at radius 3 is 2.53 bits per heavy atom. The number of halogens is 2. The van der Waals surface area contributed by atoms with Crippen LogP contribution in [0.25, 0.3) is 11.2 Å². The van der Waals surface area contributed by atoms with Crippen LogP contribution in [-0.4, -0.2) is 50.5 Å². The number of alkyl halides is 2. The van der Waals surface area contributed by atoms with Gasteiger partial charge in [0.05, 0.1) is 30.2 Å². The van der Waals surface area contributed by atoms with E-state index < -0.39 is 5.92 Å². The van der Waals surface area contributed by atoms with Gasteiger partial charge < -0.3 is 9.64 Å². The van der Waals surface area contributed by atoms with Gasteiger partial charge in [-0.2, -0.15) is 4.98 Å². The van der Waals surface area contributed by atoms with Crippen molar-refractivity contribution in [2.75, 3.05) is 24.6 Å². The third-order valence-electron chi connectivity index (χ3n) is 7.61. The van der Waals surface area contributed by atoms with Gasteiger partial charge in [0.25, 0.3) is 0 Å². The molecule has 1 spiro atoms. The Bertz CT molecular complexity index is 1270. The number of fused-ring (bicyclic) bond motifs is 1. The van der Waals surface area contributed by atoms with Gasteiger partial charge in [0, 0.05) is 37.2 Å². The highest BCUT2D eigenvalue weighted by molar-refractivity contribution is 5.75. The molecule has 6 rings (SSSR count). The van der Waals surface area contributed by atoms with E-state index in [0.717, 1.165) is 41.2 Å². The predicted molar refractivity (Wildman–Crippen MR) is 123 cm³/mol. The van der Waals surface area contributed by atoms with E-state index >= 15 is 0 Å². The lowest BCUT2D eigenvalue weighted by Gasteiger charge is -2.57. The molecular formula is C25H28F2N6O. The molecule has 4 heterocycles. The Morgan fingerprint density at radius 1 is 1.03 bits per heavy atom. The van der Waals surface area contributed by atoms with Crippen molar-refractivity contribution in [3.63, 3.8) is 0 Å². The van der Waals surface area contributed by atoms with Crippen molar-refractivity contribution in [1.29, 1.82) is 0 Å². The molecule has 0 N–H and O–H groups in total. The second-order valence-electron chi connectivity index (χ2n) is 10.3. The summed E-state index contributed by atoms with van der Waals surface area (Å²) < 4.78 is 33.2. The monoisotopic (exact) mass is 466 g/mol. The summed E-state index contributed by atoms with van der Waals surface area (Å²) >= 11 is 0. The SMILES string of the molecule is Cc1cc(C2CN(c3nc(C4CC5(C4)CC(F)(F)C5)c4nc(C)c(C)nc4n3)CCO2)ccn1. The highest BCUT2D eigenvalue weighted by Gasteiger charge is 2.62. The van der Waals surface area contributed by atoms with Crippen LogP contribution < -0.4 is 4.90 Å². The molecule has 1 aliphatic heterocycles. The highest BCUT2D eigenvalue weighted by atomic mass is 19.3. The van der Waals surface area contributed by atoms with Crippen LogP contribution >= 0.6 is 0 Å². The van der Waals surface area contributed by atoms with Crippen molar-refractivity contribution < 1.29 is 13.5 Å². The van der Waals surface area contributed by atoms with E-state index in [1.165, 1.54) is 0 Å². The number of ether oxygens (including phenoxy) is 1. The zero-order valence-electron chi connectivity index (χ0n) is 19.7. The summed E-state index contributed by atoms with van der Waals surface area (Å²) in [4.78, 5) is 25.7. The Labute approximate surface area is 197 Å². The van der Waals surface area contributed by atoms with Crippen molar-refractivity contribution in [3.8, 4) is 0 Å². The largest absolute Gasteiger partial charge is 0.370 e. The first-order valence-corrected chi connectivity index (χ1v) is 11.9. The average Bonchev–Trinajstić information content (AvgIpc) is 2.76. The van der Waals surface area contributed by atoms with Crippen molar-refractivity contribution in [2.24, 2.45) is 5.41 Å². The fourth-order valence-electron chi connectivity index (χ4n) is 5.86. The average molecular weight is 467 g/mol. The van der Waals surface area contributed by atoms with Gasteiger partial charge in [-0.05, 0) is 56.7 Å². The van der Waals surface area contributed by atoms with Crippen LogP contribution in [0.3, 0.4) is 0 Å². The first-order valence-electron chi connectivity index (χ1n) is 11.9. The lowest BCUT2D eigenvalue weighted by atomic mass is 9.49. The molecule has 3 fully saturated rings. The fourth-order valence-corrected chi connectivity index (χ4v) is 5.86. The zero-order chi connectivity index (χ0) is 23.7. The van der Waals surface area contributed by atoms with Crippen LogP contribution in [0.2, 0.25) is 0 Å². The Balaban J connectivity index is 1.33. The maximum absolute atomic E-state index is 13.6. The molecule has 1 atom stereocenters. The topological polar surface area (TPSA) is 76.9 Å². The van der Waals surface area contributed by atoms with Crippen LogP contribution in [0.1, 0.15) is 66.0 Å². The van der Waals surface area contributed by atoms with E-state index in [9.17, 15) is 8.78 Å². The Morgan fingerprint density at radius 2 is 1.79 bits per heavy atom. The third-order valence-corrected chi connectivity index (χ3v) is 7.61. The van der Waals surface area contributed by atoms with Crippen LogP contribution in [0.4, 0.5) is 14.7 Å². The van der Waals surface area contributed by atoms with Crippen molar-refractivity contribution in [2.45, 2.75) is 64.4 Å². The molecule has 1 saturated heterocycles. The van der Waals surface area contributed by atoms with Gasteiger partial charge in [-0.1, -0.05) is 0 Å². The van der Waals surface area contributed by atoms with E-state index in [2.05, 4.69) is 9.88 Å². The minimum Gasteiger partial charge on any atom is -0.370 e. The van der Waals surface area contributed by atoms with E-state index in [1.54, 1.807) is 6.20 Å². The first-order chi connectivity index (χ1) is 16.2. The minimum absolute atomic E-state index is 0.00726. The molecular weight excluding hydrogens is 438 g/mol. The number of rotatable bonds is 3. The van der Waals surface area contributed by atoms with Gasteiger partial charge in [-0.15, -0.1) is 0 Å². The molecule has 0 bridgehead atoms. The Kier molecular flexibility index (Phi) is 4.85. The molecule has 1 unspecified atom stereocenters. The second kappa shape index (κ2) is 7.60. The molecule has 2 aliphatic carbocycles. The van der Waals surface area contributed by atoms with Crippen LogP contribution in [0, 0.1) is 26.2 Å². The fraction of sp³-hybridized carbons (Fsp3) is 0.560. The maximum atomic E-state index is 13.6. The van der Waals surface area contributed by atoms with E-state index in [1.807, 2.05) is 32.9 Å². The standard InChI is InChI=1S/C25H28F2N6O/c1-14-8-17(4-5-28-14)19-11-33(6-7-34-19)23-31-20(18-9-24(10-18)12-25(26,27)13-24)21-22(32-23)30-16(3)15(2)29-21/h4-5,8,18-19H,6-7,9-13H2,1-3H3. The first kappa shape index (κ1) is 21.7. The van der Waals surface area contributed by atoms with Crippen molar-refractivity contribution in [1.82, 2.24) is 24.9 Å². The number of anilines is 1. The molecule has 0 amide bonds. The van der Waals surface area contributed by atoms with Crippen molar-refractivity contribution in [3.05, 3.63) is 46.7 Å². The lowest BCUT2D eigenvalue weighted by Crippen LogP contribution is -2.53. The molecule has 3 aliphatic rings. The predicted octanol–water partition coefficient (Wildman–Crippen LogP) is 4.61. The summed E-state index contributed by atoms with van der Waals surface area (Å²) in [5.74, 6) is -1.79. The molecule has 2 saturated carbocycles. The normalized spacial score (nSPS) is 23.7. The van der Waals surface area contributed by atoms with Crippen LogP contribution in [0.5, 0.6) is 0 Å². The number of nitrogens with zero attached hydrogens (tertiary/aromatic N) is 6. The highest BCUT2D eigenvalue weighted by Crippen LogP contribution is 2.67. The van der Waals surface area contributed by atoms with E-state index in [-0.39, 0.29) is 30.3 Å². The summed E-state index contributed by atoms with van der Waals surface area (Å²) in [7, 11) is 0. The van der Waals surface area contributed by atoms with Gasteiger partial charge in [-0.3, -0.25) is 4.98 Å². The number of morpholine rings is 1. The van der Waals surface area contributed by atoms with Gasteiger partial charge in [-0.25, -0.2) is 23.7 Å². The lowest BCUT2D eigenvalue weighted by molar-refractivity contribution is -0.196. The summed E-state index contributed by atoms with van der Waals surface area (Å²) in [6, 6.07) is 4.02. The Hall–Kier alpha value is -2.81. The minimum atomic E-state index is -2.51. The number of aromatic nitrogens is 5. The van der Waals surface area contributed by atoms with Gasteiger partial charge >= 0.3 is 0 Å². The summed E-state index contributed by atoms with van der Waals surface area (Å²) in [6.45, 7) is 7.67. The molecule has 34 heavy (non-hydrogen) atoms. The number of hydrogen-bond acceptors (Lipinski definition) is 7. The number of aryl methyl sites for hydroxylation is 3. The number of hydrogen-bond donors (Lipinski definition) is 0. The van der Waals surface area contributed by atoms with E-state index in [0.29, 0.717) is 36.8 Å². The molecule has 0 aromatic carbocycles. The summed E-state index contributed by atoms with van der Waals surface area (Å²) in [5, 5.41) is 0. The van der Waals surface area contributed by atoms with Crippen molar-refractivity contribution >= 4 is 17.1 Å². The van der Waals surface area contributed by atoms with Crippen LogP contribution in [-0.2, 0) is 4.74 Å². The van der Waals surface area contributed by atoms with E-state index in [4.69, 9.17) is 24.7 Å². The molecule has 3 aromatic rings. The van der Waals surface area contributed by atoms with Gasteiger partial charge in [0.2, 0.25) is 11.9 Å². The quantitative estimate of drug-likeness (QED) is 0.558. The molecule has 0 radical (unpaired) electrons. The summed E-state index contributed by atoms with van der Waals surface area (Å²) in [6.07, 6.45) is 3.14. The second-order valence-corrected chi connectivity index (χ2v) is 10.3. The molecule has 3 aromatic heterocycles. The third kappa shape index (κ3) is 3.70. The van der Waals surface area contributed by atoms with Gasteiger partial charge in [0.1, 0.15) is 11.6 Å². The number of pyridine rings is 1. The molecule has 178 valence electrons. The smallest absolute Gasteiger partial charge is 0.249 e. The summed E-state index contributed by atoms with van der Waals surface area (Å²) in [5.41, 5.74) is 5.59. The van der Waals surface area contributed by atoms with Gasteiger partial charge in [0.15, 0.2) is 5.65 Å². The maximum Gasteiger partial charge on any atom is 0.249 e. The molecule has 7 nitrogen and oxygen atoms in total. The molecule has 9 heteroatoms. The zero-order valence-corrected chi connectivity index (χ0v) is 19.7. The van der Waals surface area contributed by atoms with Crippen LogP contribution in [0.15, 0.2) is 18.3 Å².